The van der Waals surface area contributed by atoms with E-state index >= 15 is 0 Å². The Morgan fingerprint density at radius 1 is 1.50 bits per heavy atom. The van der Waals surface area contributed by atoms with E-state index < -0.39 is 21.9 Å². The summed E-state index contributed by atoms with van der Waals surface area (Å²) in [6, 6.07) is 0. The lowest BCUT2D eigenvalue weighted by Gasteiger charge is -2.07. The third kappa shape index (κ3) is 2.47. The Hall–Kier alpha value is -2.07. The van der Waals surface area contributed by atoms with Gasteiger partial charge in [-0.3, -0.25) is 19.5 Å². The van der Waals surface area contributed by atoms with Gasteiger partial charge in [-0.2, -0.15) is 0 Å². The van der Waals surface area contributed by atoms with E-state index in [2.05, 4.69) is 9.59 Å². The van der Waals surface area contributed by atoms with Crippen molar-refractivity contribution < 1.29 is 4.92 Å². The van der Waals surface area contributed by atoms with E-state index in [0.717, 1.165) is 26.9 Å². The quantitative estimate of drug-likeness (QED) is 0.599. The highest BCUT2D eigenvalue weighted by Gasteiger charge is 2.20. The predicted molar refractivity (Wildman–Crippen MR) is 71.3 cm³/mol. The molecule has 0 radical (unpaired) electrons. The van der Waals surface area contributed by atoms with Crippen LogP contribution >= 0.6 is 23.1 Å². The highest BCUT2D eigenvalue weighted by Crippen LogP contribution is 2.17. The number of hydrogen-bond acceptors (Lipinski definition) is 7. The maximum atomic E-state index is 12.0. The van der Waals surface area contributed by atoms with Crippen LogP contribution in [0.15, 0.2) is 15.8 Å². The fourth-order valence-electron chi connectivity index (χ4n) is 1.57. The zero-order chi connectivity index (χ0) is 14.9. The minimum absolute atomic E-state index is 0.197. The fraction of sp³-hybridized carbons (Fsp3) is 0.333. The summed E-state index contributed by atoms with van der Waals surface area (Å²) in [7, 11) is 0. The highest BCUT2D eigenvalue weighted by atomic mass is 35.5. The second-order valence-electron chi connectivity index (χ2n) is 3.72. The third-order valence-corrected chi connectivity index (χ3v) is 3.56. The molecule has 0 spiro atoms. The summed E-state index contributed by atoms with van der Waals surface area (Å²) >= 11 is 6.71. The second-order valence-corrected chi connectivity index (χ2v) is 5.08. The molecule has 11 heteroatoms. The summed E-state index contributed by atoms with van der Waals surface area (Å²) < 4.78 is 5.61. The lowest BCUT2D eigenvalue weighted by Crippen LogP contribution is -2.40. The molecule has 0 bridgehead atoms. The molecule has 0 aliphatic heterocycles. The SMILES string of the molecule is CCn1cc([N+](=O)[O-])c(=O)n(Cc2nnsc2Cl)c1=O. The van der Waals surface area contributed by atoms with Crippen molar-refractivity contribution in [2.45, 2.75) is 20.0 Å². The van der Waals surface area contributed by atoms with Gasteiger partial charge in [0.2, 0.25) is 0 Å². The molecule has 2 aromatic rings. The Morgan fingerprint density at radius 3 is 2.70 bits per heavy atom. The van der Waals surface area contributed by atoms with Crippen molar-refractivity contribution in [2.24, 2.45) is 0 Å². The molecule has 0 unspecified atom stereocenters. The van der Waals surface area contributed by atoms with Crippen molar-refractivity contribution in [1.29, 1.82) is 0 Å². The average Bonchev–Trinajstić information content (AvgIpc) is 2.80. The first-order chi connectivity index (χ1) is 9.45. The van der Waals surface area contributed by atoms with Crippen LogP contribution in [0, 0.1) is 10.1 Å². The number of nitrogens with zero attached hydrogens (tertiary/aromatic N) is 5. The largest absolute Gasteiger partial charge is 0.350 e. The maximum absolute atomic E-state index is 12.0. The molecule has 0 saturated heterocycles. The lowest BCUT2D eigenvalue weighted by molar-refractivity contribution is -0.387. The highest BCUT2D eigenvalue weighted by molar-refractivity contribution is 7.10. The Morgan fingerprint density at radius 2 is 2.20 bits per heavy atom. The van der Waals surface area contributed by atoms with Crippen molar-refractivity contribution in [3.63, 3.8) is 0 Å². The van der Waals surface area contributed by atoms with Gasteiger partial charge in [-0.25, -0.2) is 9.36 Å². The molecular weight excluding hydrogens is 310 g/mol. The van der Waals surface area contributed by atoms with Crippen molar-refractivity contribution in [1.82, 2.24) is 18.7 Å². The Balaban J connectivity index is 2.65. The van der Waals surface area contributed by atoms with Gasteiger partial charge in [0.15, 0.2) is 0 Å². The lowest BCUT2D eigenvalue weighted by atomic mass is 10.4. The van der Waals surface area contributed by atoms with Gasteiger partial charge < -0.3 is 0 Å². The molecule has 0 aliphatic rings. The summed E-state index contributed by atoms with van der Waals surface area (Å²) in [5.41, 5.74) is -2.11. The zero-order valence-electron chi connectivity index (χ0n) is 10.1. The Kier molecular flexibility index (Phi) is 3.95. The summed E-state index contributed by atoms with van der Waals surface area (Å²) in [5, 5.41) is 14.5. The van der Waals surface area contributed by atoms with Crippen LogP contribution < -0.4 is 11.2 Å². The van der Waals surface area contributed by atoms with Crippen LogP contribution in [0.3, 0.4) is 0 Å². The Labute approximate surface area is 120 Å². The molecule has 0 aliphatic carbocycles. The smallest absolute Gasteiger partial charge is 0.294 e. The molecule has 2 heterocycles. The summed E-state index contributed by atoms with van der Waals surface area (Å²) in [6.07, 6.45) is 0.933. The van der Waals surface area contributed by atoms with E-state index in [4.69, 9.17) is 11.6 Å². The van der Waals surface area contributed by atoms with Gasteiger partial charge in [-0.15, -0.1) is 5.10 Å². The number of hydrogen-bond donors (Lipinski definition) is 0. The van der Waals surface area contributed by atoms with Crippen LogP contribution in [0.1, 0.15) is 12.6 Å². The van der Waals surface area contributed by atoms with E-state index in [-0.39, 0.29) is 23.1 Å². The average molecular weight is 318 g/mol. The molecule has 2 rings (SSSR count). The van der Waals surface area contributed by atoms with E-state index in [1.54, 1.807) is 6.92 Å². The topological polar surface area (TPSA) is 113 Å². The van der Waals surface area contributed by atoms with Crippen LogP contribution in [0.25, 0.3) is 0 Å². The monoisotopic (exact) mass is 317 g/mol. The first-order valence-corrected chi connectivity index (χ1v) is 6.56. The van der Waals surface area contributed by atoms with E-state index in [1.807, 2.05) is 0 Å². The van der Waals surface area contributed by atoms with Gasteiger partial charge in [0.1, 0.15) is 10.0 Å². The van der Waals surface area contributed by atoms with Crippen LogP contribution in [-0.2, 0) is 13.1 Å². The second kappa shape index (κ2) is 5.51. The van der Waals surface area contributed by atoms with E-state index in [9.17, 15) is 19.7 Å². The molecular formula is C9H8ClN5O4S. The summed E-state index contributed by atoms with van der Waals surface area (Å²) in [5.74, 6) is 0. The zero-order valence-corrected chi connectivity index (χ0v) is 11.7. The summed E-state index contributed by atoms with van der Waals surface area (Å²) in [6.45, 7) is 1.58. The van der Waals surface area contributed by atoms with Gasteiger partial charge in [-0.05, 0) is 6.92 Å². The minimum atomic E-state index is -0.992. The van der Waals surface area contributed by atoms with Crippen LogP contribution in [0.5, 0.6) is 0 Å². The first-order valence-electron chi connectivity index (χ1n) is 5.41. The van der Waals surface area contributed by atoms with Crippen molar-refractivity contribution >= 4 is 28.8 Å². The van der Waals surface area contributed by atoms with Gasteiger partial charge >= 0.3 is 16.9 Å². The van der Waals surface area contributed by atoms with Crippen LogP contribution in [0.2, 0.25) is 4.34 Å². The third-order valence-electron chi connectivity index (χ3n) is 2.57. The van der Waals surface area contributed by atoms with Crippen molar-refractivity contribution in [3.05, 3.63) is 47.2 Å². The minimum Gasteiger partial charge on any atom is -0.294 e. The molecule has 0 saturated carbocycles. The number of nitro groups is 1. The van der Waals surface area contributed by atoms with Crippen molar-refractivity contribution in [3.8, 4) is 0 Å². The normalized spacial score (nSPS) is 10.7. The number of halogens is 1. The molecule has 20 heavy (non-hydrogen) atoms. The number of aryl methyl sites for hydroxylation is 1. The molecule has 0 aromatic carbocycles. The van der Waals surface area contributed by atoms with E-state index in [0.29, 0.717) is 0 Å². The standard InChI is InChI=1S/C9H8ClN5O4S/c1-2-13-4-6(15(18)19)8(16)14(9(13)17)3-5-7(10)20-12-11-5/h4H,2-3H2,1H3. The molecule has 0 fully saturated rings. The van der Waals surface area contributed by atoms with Gasteiger partial charge in [0, 0.05) is 18.1 Å². The Bertz CT molecular complexity index is 779. The van der Waals surface area contributed by atoms with Gasteiger partial charge in [0.25, 0.3) is 0 Å². The molecule has 106 valence electrons. The molecule has 0 amide bonds. The van der Waals surface area contributed by atoms with Crippen LogP contribution in [-0.4, -0.2) is 23.6 Å². The molecule has 0 atom stereocenters. The maximum Gasteiger partial charge on any atom is 0.350 e. The summed E-state index contributed by atoms with van der Waals surface area (Å²) in [4.78, 5) is 34.0. The molecule has 9 nitrogen and oxygen atoms in total. The van der Waals surface area contributed by atoms with Gasteiger partial charge in [-0.1, -0.05) is 16.1 Å². The van der Waals surface area contributed by atoms with Crippen molar-refractivity contribution in [2.75, 3.05) is 0 Å². The fourth-order valence-corrected chi connectivity index (χ4v) is 2.18. The molecule has 0 N–H and O–H groups in total. The van der Waals surface area contributed by atoms with Crippen LogP contribution in [0.4, 0.5) is 5.69 Å². The predicted octanol–water partition coefficient (Wildman–Crippen LogP) is 0.491. The first kappa shape index (κ1) is 14.3. The van der Waals surface area contributed by atoms with Gasteiger partial charge in [0.05, 0.1) is 17.7 Å². The number of rotatable bonds is 4. The molecule has 2 aromatic heterocycles. The number of aromatic nitrogens is 4. The van der Waals surface area contributed by atoms with E-state index in [1.165, 1.54) is 0 Å².